The monoisotopic (exact) mass is 401 g/mol. The summed E-state index contributed by atoms with van der Waals surface area (Å²) in [5.41, 5.74) is 3.23. The SMILES string of the molecule is CCNc1nc(-c2cccc(NC(=O)c3cccc(Br)c3)c2)cs1. The molecule has 3 rings (SSSR count). The summed E-state index contributed by atoms with van der Waals surface area (Å²) in [5.74, 6) is -0.139. The predicted molar refractivity (Wildman–Crippen MR) is 104 cm³/mol. The van der Waals surface area contributed by atoms with Crippen LogP contribution in [0.25, 0.3) is 11.3 Å². The van der Waals surface area contributed by atoms with Crippen molar-refractivity contribution < 1.29 is 4.79 Å². The maximum absolute atomic E-state index is 12.3. The van der Waals surface area contributed by atoms with Crippen molar-refractivity contribution in [3.63, 3.8) is 0 Å². The third kappa shape index (κ3) is 4.01. The van der Waals surface area contributed by atoms with Crippen LogP contribution in [0.15, 0.2) is 58.4 Å². The molecule has 0 aliphatic heterocycles. The number of rotatable bonds is 5. The molecule has 0 saturated carbocycles. The van der Waals surface area contributed by atoms with Gasteiger partial charge in [0.05, 0.1) is 5.69 Å². The Labute approximate surface area is 153 Å². The van der Waals surface area contributed by atoms with Gasteiger partial charge >= 0.3 is 0 Å². The highest BCUT2D eigenvalue weighted by Gasteiger charge is 2.09. The number of amides is 1. The normalized spacial score (nSPS) is 10.4. The van der Waals surface area contributed by atoms with E-state index in [1.54, 1.807) is 23.5 Å². The lowest BCUT2D eigenvalue weighted by molar-refractivity contribution is 0.102. The molecule has 3 aromatic rings. The highest BCUT2D eigenvalue weighted by molar-refractivity contribution is 9.10. The fourth-order valence-electron chi connectivity index (χ4n) is 2.23. The Morgan fingerprint density at radius 3 is 2.83 bits per heavy atom. The molecule has 0 atom stereocenters. The van der Waals surface area contributed by atoms with Crippen LogP contribution in [0, 0.1) is 0 Å². The standard InChI is InChI=1S/C18H16BrN3OS/c1-2-20-18-22-16(11-24-18)12-5-4-8-15(10-12)21-17(23)13-6-3-7-14(19)9-13/h3-11H,2H2,1H3,(H,20,22)(H,21,23). The number of carbonyl (C=O) groups is 1. The van der Waals surface area contributed by atoms with Crippen molar-refractivity contribution in [1.82, 2.24) is 4.98 Å². The van der Waals surface area contributed by atoms with Crippen LogP contribution in [0.3, 0.4) is 0 Å². The second kappa shape index (κ2) is 7.59. The van der Waals surface area contributed by atoms with Crippen LogP contribution in [0.2, 0.25) is 0 Å². The number of carbonyl (C=O) groups excluding carboxylic acids is 1. The summed E-state index contributed by atoms with van der Waals surface area (Å²) in [7, 11) is 0. The molecule has 0 radical (unpaired) electrons. The van der Waals surface area contributed by atoms with E-state index >= 15 is 0 Å². The molecule has 0 bridgehead atoms. The largest absolute Gasteiger partial charge is 0.362 e. The Kier molecular flexibility index (Phi) is 5.27. The number of benzene rings is 2. The van der Waals surface area contributed by atoms with Gasteiger partial charge in [-0.3, -0.25) is 4.79 Å². The number of aromatic nitrogens is 1. The zero-order valence-corrected chi connectivity index (χ0v) is 15.4. The fourth-order valence-corrected chi connectivity index (χ4v) is 3.42. The molecule has 1 amide bonds. The van der Waals surface area contributed by atoms with E-state index in [1.165, 1.54) is 0 Å². The first-order valence-corrected chi connectivity index (χ1v) is 9.19. The average molecular weight is 402 g/mol. The van der Waals surface area contributed by atoms with Crippen LogP contribution in [-0.2, 0) is 0 Å². The van der Waals surface area contributed by atoms with E-state index in [0.717, 1.165) is 33.1 Å². The maximum Gasteiger partial charge on any atom is 0.255 e. The molecule has 0 spiro atoms. The molecule has 6 heteroatoms. The summed E-state index contributed by atoms with van der Waals surface area (Å²) in [6.45, 7) is 2.88. The lowest BCUT2D eigenvalue weighted by Crippen LogP contribution is -2.11. The Morgan fingerprint density at radius 2 is 2.04 bits per heavy atom. The van der Waals surface area contributed by atoms with Crippen molar-refractivity contribution in [2.75, 3.05) is 17.2 Å². The molecule has 122 valence electrons. The van der Waals surface area contributed by atoms with Gasteiger partial charge < -0.3 is 10.6 Å². The van der Waals surface area contributed by atoms with Gasteiger partial charge in [0.2, 0.25) is 0 Å². The number of thiazole rings is 1. The maximum atomic E-state index is 12.3. The quantitative estimate of drug-likeness (QED) is 0.613. The minimum Gasteiger partial charge on any atom is -0.362 e. The van der Waals surface area contributed by atoms with Crippen molar-refractivity contribution in [3.05, 3.63) is 63.9 Å². The Bertz CT molecular complexity index is 863. The van der Waals surface area contributed by atoms with Gasteiger partial charge in [0.1, 0.15) is 0 Å². The molecule has 1 heterocycles. The molecule has 1 aromatic heterocycles. The first kappa shape index (κ1) is 16.7. The molecule has 24 heavy (non-hydrogen) atoms. The van der Waals surface area contributed by atoms with Gasteiger partial charge in [-0.2, -0.15) is 0 Å². The van der Waals surface area contributed by atoms with Crippen molar-refractivity contribution in [2.45, 2.75) is 6.92 Å². The van der Waals surface area contributed by atoms with Crippen molar-refractivity contribution in [1.29, 1.82) is 0 Å². The molecule has 4 nitrogen and oxygen atoms in total. The van der Waals surface area contributed by atoms with Gasteiger partial charge in [0.25, 0.3) is 5.91 Å². The lowest BCUT2D eigenvalue weighted by atomic mass is 10.1. The summed E-state index contributed by atoms with van der Waals surface area (Å²) < 4.78 is 0.877. The molecule has 2 N–H and O–H groups in total. The number of hydrogen-bond acceptors (Lipinski definition) is 4. The van der Waals surface area contributed by atoms with Crippen LogP contribution in [0.5, 0.6) is 0 Å². The summed E-state index contributed by atoms with van der Waals surface area (Å²) in [6, 6.07) is 15.0. The number of nitrogens with zero attached hydrogens (tertiary/aromatic N) is 1. The molecule has 0 saturated heterocycles. The topological polar surface area (TPSA) is 54.0 Å². The zero-order chi connectivity index (χ0) is 16.9. The van der Waals surface area contributed by atoms with Crippen LogP contribution < -0.4 is 10.6 Å². The first-order chi connectivity index (χ1) is 11.7. The van der Waals surface area contributed by atoms with E-state index in [2.05, 4.69) is 31.5 Å². The molecular weight excluding hydrogens is 386 g/mol. The van der Waals surface area contributed by atoms with E-state index in [-0.39, 0.29) is 5.91 Å². The summed E-state index contributed by atoms with van der Waals surface area (Å²) in [5, 5.41) is 9.04. The smallest absolute Gasteiger partial charge is 0.255 e. The second-order valence-corrected chi connectivity index (χ2v) is 6.89. The van der Waals surface area contributed by atoms with Gasteiger partial charge in [0, 0.05) is 33.2 Å². The van der Waals surface area contributed by atoms with E-state index in [9.17, 15) is 4.79 Å². The Balaban J connectivity index is 1.78. The van der Waals surface area contributed by atoms with E-state index in [4.69, 9.17) is 0 Å². The fraction of sp³-hybridized carbons (Fsp3) is 0.111. The van der Waals surface area contributed by atoms with Crippen molar-refractivity contribution >= 4 is 44.0 Å². The van der Waals surface area contributed by atoms with Crippen LogP contribution >= 0.6 is 27.3 Å². The Morgan fingerprint density at radius 1 is 1.21 bits per heavy atom. The van der Waals surface area contributed by atoms with Gasteiger partial charge in [0.15, 0.2) is 5.13 Å². The Hall–Kier alpha value is -2.18. The third-order valence-electron chi connectivity index (χ3n) is 3.34. The number of anilines is 2. The summed E-state index contributed by atoms with van der Waals surface area (Å²) in [6.07, 6.45) is 0. The van der Waals surface area contributed by atoms with Crippen LogP contribution in [0.1, 0.15) is 17.3 Å². The van der Waals surface area contributed by atoms with Crippen molar-refractivity contribution in [3.8, 4) is 11.3 Å². The number of hydrogen-bond donors (Lipinski definition) is 2. The molecule has 0 unspecified atom stereocenters. The minimum absolute atomic E-state index is 0.139. The molecular formula is C18H16BrN3OS. The molecule has 0 aliphatic rings. The highest BCUT2D eigenvalue weighted by atomic mass is 79.9. The zero-order valence-electron chi connectivity index (χ0n) is 13.0. The van der Waals surface area contributed by atoms with E-state index in [1.807, 2.05) is 48.7 Å². The lowest BCUT2D eigenvalue weighted by Gasteiger charge is -2.07. The van der Waals surface area contributed by atoms with Gasteiger partial charge in [-0.1, -0.05) is 34.1 Å². The third-order valence-corrected chi connectivity index (χ3v) is 4.63. The van der Waals surface area contributed by atoms with E-state index < -0.39 is 0 Å². The predicted octanol–water partition coefficient (Wildman–Crippen LogP) is 5.26. The minimum atomic E-state index is -0.139. The van der Waals surface area contributed by atoms with Crippen LogP contribution in [-0.4, -0.2) is 17.4 Å². The van der Waals surface area contributed by atoms with Gasteiger partial charge in [-0.05, 0) is 37.3 Å². The molecule has 0 fully saturated rings. The number of nitrogens with one attached hydrogen (secondary N) is 2. The van der Waals surface area contributed by atoms with Gasteiger partial charge in [-0.25, -0.2) is 4.98 Å². The average Bonchev–Trinajstić information content (AvgIpc) is 3.04. The van der Waals surface area contributed by atoms with Gasteiger partial charge in [-0.15, -0.1) is 11.3 Å². The molecule has 0 aliphatic carbocycles. The molecule has 2 aromatic carbocycles. The number of halogens is 1. The van der Waals surface area contributed by atoms with Crippen molar-refractivity contribution in [2.24, 2.45) is 0 Å². The summed E-state index contributed by atoms with van der Waals surface area (Å²) >= 11 is 4.95. The van der Waals surface area contributed by atoms with Crippen LogP contribution in [0.4, 0.5) is 10.8 Å². The second-order valence-electron chi connectivity index (χ2n) is 5.11. The first-order valence-electron chi connectivity index (χ1n) is 7.52. The van der Waals surface area contributed by atoms with E-state index in [0.29, 0.717) is 5.56 Å². The highest BCUT2D eigenvalue weighted by Crippen LogP contribution is 2.27. The summed E-state index contributed by atoms with van der Waals surface area (Å²) in [4.78, 5) is 16.9.